The minimum absolute atomic E-state index is 0. The lowest BCUT2D eigenvalue weighted by atomic mass is 10.3. The Hall–Kier alpha value is -4.55. The van der Waals surface area contributed by atoms with E-state index < -0.39 is 6.16 Å². The van der Waals surface area contributed by atoms with E-state index >= 15 is 0 Å². The summed E-state index contributed by atoms with van der Waals surface area (Å²) >= 11 is 0. The Morgan fingerprint density at radius 1 is 0.895 bits per heavy atom. The Labute approximate surface area is 221 Å². The molecule has 0 aliphatic heterocycles. The predicted molar refractivity (Wildman–Crippen MR) is 138 cm³/mol. The molecule has 0 fully saturated rings. The van der Waals surface area contributed by atoms with Gasteiger partial charge < -0.3 is 30.3 Å². The SMILES string of the molecule is CN(C)C(=Nc1ccccc1F)N(C)C.CN(C)C(Nc1ccccc1F)=[N+](C)C.O.O=C([O-])O.O=C=O. The Bertz CT molecular complexity index is 1050. The predicted octanol–water partition coefficient (Wildman–Crippen LogP) is 0.843. The number of nitrogens with zero attached hydrogens (tertiary/aromatic N) is 5. The summed E-state index contributed by atoms with van der Waals surface area (Å²) in [5.41, 5.74) is 0.838. The van der Waals surface area contributed by atoms with Crippen LogP contribution < -0.4 is 10.4 Å². The molecule has 2 rings (SSSR count). The monoisotopic (exact) mass is 542 g/mol. The van der Waals surface area contributed by atoms with Crippen LogP contribution in [0.4, 0.5) is 25.0 Å². The molecule has 0 aliphatic rings. The van der Waals surface area contributed by atoms with Crippen molar-refractivity contribution in [2.45, 2.75) is 0 Å². The fraction of sp³-hybridized carbons (Fsp3) is 0.333. The molecule has 0 atom stereocenters. The van der Waals surface area contributed by atoms with Gasteiger partial charge in [-0.1, -0.05) is 24.3 Å². The number of rotatable bonds is 2. The summed E-state index contributed by atoms with van der Waals surface area (Å²) in [5, 5.41) is 18.3. The van der Waals surface area contributed by atoms with Crippen LogP contribution in [0, 0.1) is 11.6 Å². The molecular formula is C24H36F2N6O6. The largest absolute Gasteiger partial charge is 0.565 e. The molecule has 0 saturated carbocycles. The van der Waals surface area contributed by atoms with Crippen molar-refractivity contribution in [3.05, 3.63) is 60.2 Å². The topological polar surface area (TPSA) is 163 Å². The number of aliphatic imine (C=N–C) groups is 1. The van der Waals surface area contributed by atoms with Crippen LogP contribution in [0.1, 0.15) is 0 Å². The second-order valence-electron chi connectivity index (χ2n) is 7.72. The van der Waals surface area contributed by atoms with E-state index in [0.29, 0.717) is 17.3 Å². The minimum atomic E-state index is -2.08. The van der Waals surface area contributed by atoms with Gasteiger partial charge in [0.15, 0.2) is 5.82 Å². The van der Waals surface area contributed by atoms with E-state index in [4.69, 9.17) is 24.6 Å². The molecule has 14 heteroatoms. The maximum atomic E-state index is 13.4. The van der Waals surface area contributed by atoms with Gasteiger partial charge in [-0.2, -0.15) is 9.59 Å². The fourth-order valence-electron chi connectivity index (χ4n) is 2.56. The Balaban J connectivity index is -0.000000507. The lowest BCUT2D eigenvalue weighted by molar-refractivity contribution is -0.469. The molecule has 2 aromatic rings. The number of nitrogens with one attached hydrogen (secondary N) is 1. The van der Waals surface area contributed by atoms with E-state index in [-0.39, 0.29) is 23.3 Å². The average Bonchev–Trinajstić information content (AvgIpc) is 2.77. The molecule has 0 aliphatic carbocycles. The van der Waals surface area contributed by atoms with Gasteiger partial charge in [-0.15, -0.1) is 0 Å². The van der Waals surface area contributed by atoms with Crippen molar-refractivity contribution in [3.63, 3.8) is 0 Å². The van der Waals surface area contributed by atoms with Gasteiger partial charge in [0.2, 0.25) is 12.1 Å². The van der Waals surface area contributed by atoms with E-state index in [1.807, 2.05) is 75.7 Å². The van der Waals surface area contributed by atoms with Gasteiger partial charge >= 0.3 is 12.1 Å². The Morgan fingerprint density at radius 2 is 1.29 bits per heavy atom. The summed E-state index contributed by atoms with van der Waals surface area (Å²) in [6.45, 7) is 0. The number of para-hydroxylation sites is 2. The molecule has 0 heterocycles. The van der Waals surface area contributed by atoms with Gasteiger partial charge in [-0.3, -0.25) is 9.48 Å². The first-order valence-electron chi connectivity index (χ1n) is 10.5. The highest BCUT2D eigenvalue weighted by atomic mass is 19.1. The molecule has 38 heavy (non-hydrogen) atoms. The molecule has 0 saturated heterocycles. The van der Waals surface area contributed by atoms with Crippen molar-refractivity contribution in [2.24, 2.45) is 4.99 Å². The molecule has 212 valence electrons. The number of hydrogen-bond acceptors (Lipinski definition) is 5. The highest BCUT2D eigenvalue weighted by Gasteiger charge is 2.14. The Kier molecular flexibility index (Phi) is 20.6. The van der Waals surface area contributed by atoms with Crippen molar-refractivity contribution in [1.82, 2.24) is 14.7 Å². The van der Waals surface area contributed by atoms with Gasteiger partial charge in [0.1, 0.15) is 17.2 Å². The summed E-state index contributed by atoms with van der Waals surface area (Å²) in [4.78, 5) is 34.5. The van der Waals surface area contributed by atoms with E-state index in [2.05, 4.69) is 10.3 Å². The number of halogens is 2. The quantitative estimate of drug-likeness (QED) is 0.318. The fourth-order valence-corrected chi connectivity index (χ4v) is 2.56. The highest BCUT2D eigenvalue weighted by Crippen LogP contribution is 2.17. The van der Waals surface area contributed by atoms with E-state index in [1.54, 1.807) is 36.4 Å². The molecule has 0 unspecified atom stereocenters. The van der Waals surface area contributed by atoms with Crippen LogP contribution in [0.3, 0.4) is 0 Å². The zero-order valence-corrected chi connectivity index (χ0v) is 22.7. The van der Waals surface area contributed by atoms with E-state index in [1.165, 1.54) is 12.1 Å². The molecule has 0 radical (unpaired) electrons. The number of carbonyl (C=O) groups is 1. The molecule has 12 nitrogen and oxygen atoms in total. The molecule has 0 bridgehead atoms. The number of anilines is 1. The molecule has 0 spiro atoms. The van der Waals surface area contributed by atoms with Crippen molar-refractivity contribution in [3.8, 4) is 0 Å². The maximum Gasteiger partial charge on any atom is 0.373 e. The number of carboxylic acid groups (broad SMARTS) is 2. The highest BCUT2D eigenvalue weighted by molar-refractivity contribution is 5.89. The summed E-state index contributed by atoms with van der Waals surface area (Å²) < 4.78 is 28.6. The first-order valence-corrected chi connectivity index (χ1v) is 10.5. The van der Waals surface area contributed by atoms with Crippen LogP contribution in [-0.2, 0) is 9.59 Å². The van der Waals surface area contributed by atoms with Gasteiger partial charge in [0.05, 0.1) is 28.2 Å². The van der Waals surface area contributed by atoms with E-state index in [9.17, 15) is 8.78 Å². The second kappa shape index (κ2) is 20.6. The molecule has 0 aromatic heterocycles. The molecule has 0 amide bonds. The zero-order valence-electron chi connectivity index (χ0n) is 22.7. The van der Waals surface area contributed by atoms with Crippen molar-refractivity contribution >= 4 is 35.6 Å². The third-order valence-corrected chi connectivity index (χ3v) is 3.84. The smallest absolute Gasteiger partial charge is 0.373 e. The van der Waals surface area contributed by atoms with Gasteiger partial charge in [-0.25, -0.2) is 19.1 Å². The average molecular weight is 543 g/mol. The lowest BCUT2D eigenvalue weighted by Crippen LogP contribution is -2.36. The van der Waals surface area contributed by atoms with Gasteiger partial charge in [-0.05, 0) is 24.3 Å². The third kappa shape index (κ3) is 17.0. The van der Waals surface area contributed by atoms with Crippen LogP contribution >= 0.6 is 0 Å². The van der Waals surface area contributed by atoms with Gasteiger partial charge in [0, 0.05) is 28.2 Å². The van der Waals surface area contributed by atoms with Crippen molar-refractivity contribution < 1.29 is 43.4 Å². The summed E-state index contributed by atoms with van der Waals surface area (Å²) in [5.74, 6) is 0.984. The summed E-state index contributed by atoms with van der Waals surface area (Å²) in [6, 6.07) is 13.1. The van der Waals surface area contributed by atoms with Crippen LogP contribution in [0.2, 0.25) is 0 Å². The van der Waals surface area contributed by atoms with Crippen LogP contribution in [0.15, 0.2) is 53.5 Å². The third-order valence-electron chi connectivity index (χ3n) is 3.84. The standard InChI is InChI=1S/2C11H16FN3.CH2O3.CO2.H2O/c2*1-14(2)11(15(3)4)13-10-8-6-5-7-9(10)12;2-1(3)4;2-1-3;/h2*5-8H,1-4H3;(H2,2,3,4);;1H2. The minimum Gasteiger partial charge on any atom is -0.565 e. The van der Waals surface area contributed by atoms with Crippen LogP contribution in [0.25, 0.3) is 0 Å². The lowest BCUT2D eigenvalue weighted by Gasteiger charge is -2.22. The first kappa shape index (κ1) is 38.0. The maximum absolute atomic E-state index is 13.4. The van der Waals surface area contributed by atoms with Crippen molar-refractivity contribution in [1.29, 1.82) is 0 Å². The molecule has 4 N–H and O–H groups in total. The Morgan fingerprint density at radius 3 is 1.63 bits per heavy atom. The molecule has 2 aromatic carbocycles. The first-order chi connectivity index (χ1) is 17.2. The summed E-state index contributed by atoms with van der Waals surface area (Å²) in [6.07, 6.45) is -1.83. The van der Waals surface area contributed by atoms with Crippen molar-refractivity contribution in [2.75, 3.05) is 61.7 Å². The van der Waals surface area contributed by atoms with Gasteiger partial charge in [0.25, 0.3) is 0 Å². The second-order valence-corrected chi connectivity index (χ2v) is 7.72. The number of hydrogen-bond donors (Lipinski definition) is 2. The summed E-state index contributed by atoms with van der Waals surface area (Å²) in [7, 11) is 15.1. The van der Waals surface area contributed by atoms with Crippen LogP contribution in [0.5, 0.6) is 0 Å². The zero-order chi connectivity index (χ0) is 29.1. The molecular weight excluding hydrogens is 506 g/mol. The number of carbonyl (C=O) groups excluding carboxylic acids is 2. The number of guanidine groups is 2. The van der Waals surface area contributed by atoms with E-state index in [0.717, 1.165) is 5.96 Å². The number of benzene rings is 2. The normalized spacial score (nSPS) is 8.47. The van der Waals surface area contributed by atoms with Crippen LogP contribution in [-0.4, -0.2) is 110 Å².